The Morgan fingerprint density at radius 1 is 1.13 bits per heavy atom. The van der Waals surface area contributed by atoms with Crippen LogP contribution in [0.15, 0.2) is 48.7 Å². The molecule has 31 heavy (non-hydrogen) atoms. The summed E-state index contributed by atoms with van der Waals surface area (Å²) in [5.74, 6) is 2.23. The predicted molar refractivity (Wildman–Crippen MR) is 117 cm³/mol. The number of methoxy groups -OCH3 is 2. The molecule has 0 N–H and O–H groups in total. The van der Waals surface area contributed by atoms with Crippen molar-refractivity contribution in [2.45, 2.75) is 26.4 Å². The van der Waals surface area contributed by atoms with Crippen molar-refractivity contribution in [3.8, 4) is 28.4 Å². The molecule has 1 aliphatic heterocycles. The summed E-state index contributed by atoms with van der Waals surface area (Å²) in [6.07, 6.45) is 2.29. The van der Waals surface area contributed by atoms with Gasteiger partial charge in [0.1, 0.15) is 12.4 Å². The molecule has 0 spiro atoms. The summed E-state index contributed by atoms with van der Waals surface area (Å²) in [6.45, 7) is 3.93. The standard InChI is InChI=1S/C24H27N3O4/c1-17-7-9-27(25-17)10-8-23(28)26-11-12-31-24-20(16-26)13-19(15-22(24)30-3)18-5-4-6-21(14-18)29-2/h4-7,9,13-15H,8,10-12,16H2,1-3H3. The van der Waals surface area contributed by atoms with E-state index in [0.717, 1.165) is 28.1 Å². The second-order valence-electron chi connectivity index (χ2n) is 7.53. The molecule has 0 saturated carbocycles. The third-order valence-corrected chi connectivity index (χ3v) is 5.41. The minimum Gasteiger partial charge on any atom is -0.497 e. The third kappa shape index (κ3) is 4.66. The van der Waals surface area contributed by atoms with Crippen LogP contribution < -0.4 is 14.2 Å². The number of amides is 1. The van der Waals surface area contributed by atoms with Crippen LogP contribution in [0.1, 0.15) is 17.7 Å². The van der Waals surface area contributed by atoms with E-state index in [4.69, 9.17) is 14.2 Å². The molecule has 7 nitrogen and oxygen atoms in total. The minimum absolute atomic E-state index is 0.0790. The average molecular weight is 421 g/mol. The topological polar surface area (TPSA) is 65.8 Å². The number of carbonyl (C=O) groups is 1. The number of carbonyl (C=O) groups excluding carboxylic acids is 1. The maximum Gasteiger partial charge on any atom is 0.224 e. The maximum absolute atomic E-state index is 12.9. The lowest BCUT2D eigenvalue weighted by Crippen LogP contribution is -2.33. The normalized spacial score (nSPS) is 13.2. The van der Waals surface area contributed by atoms with E-state index in [1.165, 1.54) is 0 Å². The molecule has 2 aromatic carbocycles. The van der Waals surface area contributed by atoms with Gasteiger partial charge in [-0.2, -0.15) is 5.10 Å². The van der Waals surface area contributed by atoms with Gasteiger partial charge in [-0.25, -0.2) is 0 Å². The Morgan fingerprint density at radius 2 is 2.00 bits per heavy atom. The summed E-state index contributed by atoms with van der Waals surface area (Å²) in [5, 5.41) is 4.36. The lowest BCUT2D eigenvalue weighted by Gasteiger charge is -2.20. The molecule has 0 bridgehead atoms. The maximum atomic E-state index is 12.9. The Kier molecular flexibility index (Phi) is 6.11. The number of hydrogen-bond donors (Lipinski definition) is 0. The monoisotopic (exact) mass is 421 g/mol. The molecule has 7 heteroatoms. The van der Waals surface area contributed by atoms with Gasteiger partial charge in [-0.15, -0.1) is 0 Å². The predicted octanol–water partition coefficient (Wildman–Crippen LogP) is 3.69. The number of rotatable bonds is 6. The SMILES string of the molecule is COc1cccc(-c2cc3c(c(OC)c2)OCCN(C(=O)CCn2ccc(C)n2)C3)c1. The van der Waals surface area contributed by atoms with Gasteiger partial charge >= 0.3 is 0 Å². The minimum atomic E-state index is 0.0790. The number of aromatic nitrogens is 2. The summed E-state index contributed by atoms with van der Waals surface area (Å²) in [4.78, 5) is 14.8. The molecule has 0 atom stereocenters. The lowest BCUT2D eigenvalue weighted by atomic mass is 10.0. The number of nitrogens with zero attached hydrogens (tertiary/aromatic N) is 3. The van der Waals surface area contributed by atoms with E-state index < -0.39 is 0 Å². The molecule has 4 rings (SSSR count). The van der Waals surface area contributed by atoms with Crippen LogP contribution in [-0.4, -0.2) is 48.0 Å². The Balaban J connectivity index is 1.58. The van der Waals surface area contributed by atoms with Crippen LogP contribution in [0.2, 0.25) is 0 Å². The Labute approximate surface area is 182 Å². The van der Waals surface area contributed by atoms with Gasteiger partial charge in [-0.3, -0.25) is 9.48 Å². The van der Waals surface area contributed by atoms with Gasteiger partial charge in [0.25, 0.3) is 0 Å². The van der Waals surface area contributed by atoms with Crippen LogP contribution in [-0.2, 0) is 17.9 Å². The number of ether oxygens (including phenoxy) is 3. The molecule has 0 aliphatic carbocycles. The Bertz CT molecular complexity index is 1080. The molecule has 0 saturated heterocycles. The molecular formula is C24H27N3O4. The zero-order valence-electron chi connectivity index (χ0n) is 18.1. The number of fused-ring (bicyclic) bond motifs is 1. The van der Waals surface area contributed by atoms with Crippen LogP contribution in [0.25, 0.3) is 11.1 Å². The van der Waals surface area contributed by atoms with Crippen molar-refractivity contribution in [2.24, 2.45) is 0 Å². The van der Waals surface area contributed by atoms with Crippen molar-refractivity contribution in [1.29, 1.82) is 0 Å². The summed E-state index contributed by atoms with van der Waals surface area (Å²) < 4.78 is 18.8. The first-order valence-electron chi connectivity index (χ1n) is 10.3. The van der Waals surface area contributed by atoms with Gasteiger partial charge in [0.15, 0.2) is 11.5 Å². The molecule has 3 aromatic rings. The molecule has 0 fully saturated rings. The lowest BCUT2D eigenvalue weighted by molar-refractivity contribution is -0.132. The van der Waals surface area contributed by atoms with Crippen molar-refractivity contribution in [1.82, 2.24) is 14.7 Å². The summed E-state index contributed by atoms with van der Waals surface area (Å²) in [6, 6.07) is 13.8. The molecule has 1 aliphatic rings. The highest BCUT2D eigenvalue weighted by Crippen LogP contribution is 2.39. The fourth-order valence-electron chi connectivity index (χ4n) is 3.77. The Morgan fingerprint density at radius 3 is 2.74 bits per heavy atom. The quantitative estimate of drug-likeness (QED) is 0.607. The molecule has 2 heterocycles. The first kappa shape index (κ1) is 20.8. The number of hydrogen-bond acceptors (Lipinski definition) is 5. The second-order valence-corrected chi connectivity index (χ2v) is 7.53. The molecule has 1 aromatic heterocycles. The van der Waals surface area contributed by atoms with Crippen LogP contribution in [0, 0.1) is 6.92 Å². The van der Waals surface area contributed by atoms with E-state index in [-0.39, 0.29) is 5.91 Å². The van der Waals surface area contributed by atoms with Gasteiger partial charge in [-0.1, -0.05) is 12.1 Å². The molecule has 0 radical (unpaired) electrons. The van der Waals surface area contributed by atoms with Gasteiger partial charge in [0.2, 0.25) is 5.91 Å². The van der Waals surface area contributed by atoms with Crippen molar-refractivity contribution >= 4 is 5.91 Å². The largest absolute Gasteiger partial charge is 0.497 e. The fourth-order valence-corrected chi connectivity index (χ4v) is 3.77. The van der Waals surface area contributed by atoms with Crippen LogP contribution in [0.5, 0.6) is 17.2 Å². The first-order valence-corrected chi connectivity index (χ1v) is 10.3. The van der Waals surface area contributed by atoms with Crippen LogP contribution in [0.4, 0.5) is 0 Å². The summed E-state index contributed by atoms with van der Waals surface area (Å²) in [5.41, 5.74) is 3.87. The highest BCUT2D eigenvalue weighted by molar-refractivity contribution is 5.77. The van der Waals surface area contributed by atoms with Gasteiger partial charge in [0, 0.05) is 31.3 Å². The van der Waals surface area contributed by atoms with Crippen LogP contribution >= 0.6 is 0 Å². The van der Waals surface area contributed by atoms with Gasteiger partial charge in [0.05, 0.1) is 26.5 Å². The first-order chi connectivity index (χ1) is 15.1. The molecule has 162 valence electrons. The average Bonchev–Trinajstić information content (AvgIpc) is 3.09. The van der Waals surface area contributed by atoms with E-state index in [1.807, 2.05) is 54.4 Å². The van der Waals surface area contributed by atoms with E-state index in [1.54, 1.807) is 18.9 Å². The highest BCUT2D eigenvalue weighted by atomic mass is 16.5. The van der Waals surface area contributed by atoms with E-state index in [9.17, 15) is 4.79 Å². The van der Waals surface area contributed by atoms with Crippen LogP contribution in [0.3, 0.4) is 0 Å². The molecule has 0 unspecified atom stereocenters. The zero-order valence-corrected chi connectivity index (χ0v) is 18.1. The Hall–Kier alpha value is -3.48. The van der Waals surface area contributed by atoms with E-state index >= 15 is 0 Å². The zero-order chi connectivity index (χ0) is 21.8. The second kappa shape index (κ2) is 9.12. The number of benzene rings is 2. The van der Waals surface area contributed by atoms with E-state index in [0.29, 0.717) is 44.2 Å². The van der Waals surface area contributed by atoms with Crippen molar-refractivity contribution in [3.63, 3.8) is 0 Å². The summed E-state index contributed by atoms with van der Waals surface area (Å²) >= 11 is 0. The van der Waals surface area contributed by atoms with E-state index in [2.05, 4.69) is 11.2 Å². The summed E-state index contributed by atoms with van der Waals surface area (Å²) in [7, 11) is 3.28. The third-order valence-electron chi connectivity index (χ3n) is 5.41. The molecule has 1 amide bonds. The van der Waals surface area contributed by atoms with Gasteiger partial charge in [-0.05, 0) is 48.4 Å². The highest BCUT2D eigenvalue weighted by Gasteiger charge is 2.23. The van der Waals surface area contributed by atoms with Crippen molar-refractivity contribution < 1.29 is 19.0 Å². The number of aryl methyl sites for hydroxylation is 2. The van der Waals surface area contributed by atoms with Gasteiger partial charge < -0.3 is 19.1 Å². The fraction of sp³-hybridized carbons (Fsp3) is 0.333. The smallest absolute Gasteiger partial charge is 0.224 e. The van der Waals surface area contributed by atoms with Crippen molar-refractivity contribution in [3.05, 3.63) is 59.9 Å². The molecular weight excluding hydrogens is 394 g/mol. The van der Waals surface area contributed by atoms with Crippen molar-refractivity contribution in [2.75, 3.05) is 27.4 Å².